The molecule has 3 heterocycles. The number of benzene rings is 1. The molecule has 6 heteroatoms. The summed E-state index contributed by atoms with van der Waals surface area (Å²) >= 11 is 0. The zero-order chi connectivity index (χ0) is 16.4. The van der Waals surface area contributed by atoms with Gasteiger partial charge in [-0.25, -0.2) is 0 Å². The Morgan fingerprint density at radius 3 is 2.79 bits per heavy atom. The van der Waals surface area contributed by atoms with Crippen LogP contribution < -0.4 is 5.32 Å². The molecular weight excluding hydrogens is 302 g/mol. The predicted octanol–water partition coefficient (Wildman–Crippen LogP) is 2.37. The number of pyridine rings is 1. The molecule has 0 amide bonds. The lowest BCUT2D eigenvalue weighted by Gasteiger charge is -2.30. The van der Waals surface area contributed by atoms with E-state index in [1.807, 2.05) is 30.5 Å². The highest BCUT2D eigenvalue weighted by atomic mass is 16.5. The Balaban J connectivity index is 1.63. The highest BCUT2D eigenvalue weighted by molar-refractivity contribution is 5.68. The smallest absolute Gasteiger partial charge is 0.259 e. The Hall–Kier alpha value is -2.57. The Kier molecular flexibility index (Phi) is 4.06. The minimum atomic E-state index is 0.140. The minimum absolute atomic E-state index is 0.140. The van der Waals surface area contributed by atoms with Crippen LogP contribution in [-0.4, -0.2) is 46.7 Å². The molecule has 1 saturated heterocycles. The third kappa shape index (κ3) is 2.93. The molecule has 24 heavy (non-hydrogen) atoms. The average molecular weight is 321 g/mol. The van der Waals surface area contributed by atoms with Crippen LogP contribution >= 0.6 is 0 Å². The summed E-state index contributed by atoms with van der Waals surface area (Å²) in [6, 6.07) is 12.3. The fourth-order valence-corrected chi connectivity index (χ4v) is 2.93. The second kappa shape index (κ2) is 6.51. The molecule has 122 valence electrons. The first-order valence-electron chi connectivity index (χ1n) is 8.06. The van der Waals surface area contributed by atoms with Gasteiger partial charge >= 0.3 is 0 Å². The normalized spacial score (nSPS) is 18.6. The predicted molar refractivity (Wildman–Crippen MR) is 91.2 cm³/mol. The molecule has 1 N–H and O–H groups in total. The van der Waals surface area contributed by atoms with Gasteiger partial charge in [-0.3, -0.25) is 9.88 Å². The molecular formula is C18H19N5O. The van der Waals surface area contributed by atoms with Crippen molar-refractivity contribution in [3.8, 4) is 22.6 Å². The summed E-state index contributed by atoms with van der Waals surface area (Å²) in [4.78, 5) is 11.2. The molecule has 1 atom stereocenters. The maximum absolute atomic E-state index is 5.49. The van der Waals surface area contributed by atoms with E-state index in [2.05, 4.69) is 44.5 Å². The Bertz CT molecular complexity index is 817. The van der Waals surface area contributed by atoms with E-state index in [1.165, 1.54) is 0 Å². The van der Waals surface area contributed by atoms with E-state index < -0.39 is 0 Å². The van der Waals surface area contributed by atoms with Crippen LogP contribution in [0.15, 0.2) is 53.3 Å². The van der Waals surface area contributed by atoms with Crippen molar-refractivity contribution in [3.63, 3.8) is 0 Å². The fraction of sp³-hybridized carbons (Fsp3) is 0.278. The number of nitrogens with one attached hydrogen (secondary N) is 1. The van der Waals surface area contributed by atoms with Gasteiger partial charge in [-0.2, -0.15) is 4.98 Å². The van der Waals surface area contributed by atoms with Gasteiger partial charge in [0.2, 0.25) is 0 Å². The summed E-state index contributed by atoms with van der Waals surface area (Å²) in [5.41, 5.74) is 2.98. The van der Waals surface area contributed by atoms with Crippen LogP contribution in [0.25, 0.3) is 22.6 Å². The lowest BCUT2D eigenvalue weighted by atomic mass is 10.1. The Labute approximate surface area is 140 Å². The zero-order valence-corrected chi connectivity index (χ0v) is 13.5. The van der Waals surface area contributed by atoms with Crippen molar-refractivity contribution in [2.24, 2.45) is 0 Å². The molecule has 0 bridgehead atoms. The molecule has 1 fully saturated rings. The van der Waals surface area contributed by atoms with Gasteiger partial charge in [-0.1, -0.05) is 35.5 Å². The van der Waals surface area contributed by atoms with Crippen LogP contribution in [0.2, 0.25) is 0 Å². The largest absolute Gasteiger partial charge is 0.334 e. The molecule has 1 aromatic carbocycles. The number of likely N-dealkylation sites (N-methyl/N-ethyl adjacent to an activating group) is 1. The maximum atomic E-state index is 5.49. The summed E-state index contributed by atoms with van der Waals surface area (Å²) in [7, 11) is 2.08. The standard InChI is InChI=1S/C18H19N5O/c1-23-8-7-19-12-16(23)17-21-18(24-22-17)15-9-14(10-20-11-15)13-5-3-2-4-6-13/h2-6,9-11,16,19H,7-8,12H2,1H3. The SMILES string of the molecule is CN1CCNCC1c1noc(-c2cncc(-c3ccccc3)c2)n1. The zero-order valence-electron chi connectivity index (χ0n) is 13.5. The Morgan fingerprint density at radius 2 is 1.96 bits per heavy atom. The van der Waals surface area contributed by atoms with Crippen molar-refractivity contribution in [2.45, 2.75) is 6.04 Å². The first kappa shape index (κ1) is 15.0. The van der Waals surface area contributed by atoms with Gasteiger partial charge < -0.3 is 9.84 Å². The topological polar surface area (TPSA) is 67.1 Å². The number of piperazine rings is 1. The molecule has 2 aromatic heterocycles. The van der Waals surface area contributed by atoms with Crippen molar-refractivity contribution < 1.29 is 4.52 Å². The second-order valence-corrected chi connectivity index (χ2v) is 5.99. The maximum Gasteiger partial charge on any atom is 0.259 e. The molecule has 4 rings (SSSR count). The van der Waals surface area contributed by atoms with Gasteiger partial charge in [0.15, 0.2) is 5.82 Å². The molecule has 0 aliphatic carbocycles. The monoisotopic (exact) mass is 321 g/mol. The van der Waals surface area contributed by atoms with E-state index >= 15 is 0 Å². The first-order valence-corrected chi connectivity index (χ1v) is 8.06. The van der Waals surface area contributed by atoms with Crippen LogP contribution in [0, 0.1) is 0 Å². The number of aromatic nitrogens is 3. The van der Waals surface area contributed by atoms with Gasteiger partial charge in [0.1, 0.15) is 0 Å². The molecule has 1 unspecified atom stereocenters. The van der Waals surface area contributed by atoms with Crippen LogP contribution in [0.3, 0.4) is 0 Å². The van der Waals surface area contributed by atoms with Gasteiger partial charge in [0, 0.05) is 37.6 Å². The summed E-state index contributed by atoms with van der Waals surface area (Å²) in [5, 5.41) is 7.54. The third-order valence-electron chi connectivity index (χ3n) is 4.34. The average Bonchev–Trinajstić information content (AvgIpc) is 3.13. The number of rotatable bonds is 3. The van der Waals surface area contributed by atoms with E-state index in [0.29, 0.717) is 11.7 Å². The van der Waals surface area contributed by atoms with Crippen LogP contribution in [0.5, 0.6) is 0 Å². The number of hydrogen-bond acceptors (Lipinski definition) is 6. The van der Waals surface area contributed by atoms with Gasteiger partial charge in [0.25, 0.3) is 5.89 Å². The van der Waals surface area contributed by atoms with Crippen LogP contribution in [0.1, 0.15) is 11.9 Å². The lowest BCUT2D eigenvalue weighted by Crippen LogP contribution is -2.44. The summed E-state index contributed by atoms with van der Waals surface area (Å²) < 4.78 is 5.49. The van der Waals surface area contributed by atoms with Crippen LogP contribution in [-0.2, 0) is 0 Å². The Morgan fingerprint density at radius 1 is 1.12 bits per heavy atom. The molecule has 3 aromatic rings. The minimum Gasteiger partial charge on any atom is -0.334 e. The summed E-state index contributed by atoms with van der Waals surface area (Å²) in [5.74, 6) is 1.22. The molecule has 0 spiro atoms. The summed E-state index contributed by atoms with van der Waals surface area (Å²) in [6.45, 7) is 2.79. The number of hydrogen-bond donors (Lipinski definition) is 1. The molecule has 0 saturated carbocycles. The highest BCUT2D eigenvalue weighted by Crippen LogP contribution is 2.26. The van der Waals surface area contributed by atoms with Crippen LogP contribution in [0.4, 0.5) is 0 Å². The van der Waals surface area contributed by atoms with Crippen molar-refractivity contribution in [1.82, 2.24) is 25.3 Å². The number of nitrogens with zero attached hydrogens (tertiary/aromatic N) is 4. The van der Waals surface area contributed by atoms with Gasteiger partial charge in [-0.15, -0.1) is 0 Å². The fourth-order valence-electron chi connectivity index (χ4n) is 2.93. The highest BCUT2D eigenvalue weighted by Gasteiger charge is 2.25. The van der Waals surface area contributed by atoms with E-state index in [-0.39, 0.29) is 6.04 Å². The van der Waals surface area contributed by atoms with Crippen molar-refractivity contribution >= 4 is 0 Å². The third-order valence-corrected chi connectivity index (χ3v) is 4.34. The lowest BCUT2D eigenvalue weighted by molar-refractivity contribution is 0.190. The van der Waals surface area contributed by atoms with Crippen molar-refractivity contribution in [3.05, 3.63) is 54.6 Å². The van der Waals surface area contributed by atoms with Crippen molar-refractivity contribution in [1.29, 1.82) is 0 Å². The quantitative estimate of drug-likeness (QED) is 0.799. The molecule has 0 radical (unpaired) electrons. The van der Waals surface area contributed by atoms with Gasteiger partial charge in [0.05, 0.1) is 11.6 Å². The van der Waals surface area contributed by atoms with Crippen molar-refractivity contribution in [2.75, 3.05) is 26.7 Å². The summed E-state index contributed by atoms with van der Waals surface area (Å²) in [6.07, 6.45) is 3.60. The van der Waals surface area contributed by atoms with E-state index in [4.69, 9.17) is 4.52 Å². The van der Waals surface area contributed by atoms with Gasteiger partial charge in [-0.05, 0) is 18.7 Å². The first-order chi connectivity index (χ1) is 11.8. The molecule has 1 aliphatic rings. The van der Waals surface area contributed by atoms with E-state index in [0.717, 1.165) is 36.3 Å². The molecule has 1 aliphatic heterocycles. The molecule has 6 nitrogen and oxygen atoms in total. The van der Waals surface area contributed by atoms with E-state index in [1.54, 1.807) is 6.20 Å². The van der Waals surface area contributed by atoms with E-state index in [9.17, 15) is 0 Å². The second-order valence-electron chi connectivity index (χ2n) is 5.99.